The van der Waals surface area contributed by atoms with Crippen molar-refractivity contribution in [1.82, 2.24) is 5.32 Å². The lowest BCUT2D eigenvalue weighted by molar-refractivity contribution is 0.0113. The zero-order valence-electron chi connectivity index (χ0n) is 11.7. The molecule has 1 heterocycles. The molecule has 1 aromatic rings. The molecule has 106 valence electrons. The van der Waals surface area contributed by atoms with Gasteiger partial charge >= 0.3 is 0 Å². The van der Waals surface area contributed by atoms with Crippen LogP contribution in [0.15, 0.2) is 28.7 Å². The van der Waals surface area contributed by atoms with Crippen molar-refractivity contribution in [3.63, 3.8) is 0 Å². The molecule has 0 amide bonds. The van der Waals surface area contributed by atoms with Gasteiger partial charge in [-0.05, 0) is 63.3 Å². The van der Waals surface area contributed by atoms with Crippen LogP contribution in [0.1, 0.15) is 38.2 Å². The molecular weight excluding hydrogens is 302 g/mol. The van der Waals surface area contributed by atoms with Crippen LogP contribution in [0.4, 0.5) is 0 Å². The Morgan fingerprint density at radius 3 is 2.79 bits per heavy atom. The Bertz CT molecular complexity index is 360. The minimum atomic E-state index is 0.487. The first-order chi connectivity index (χ1) is 9.24. The van der Waals surface area contributed by atoms with Crippen LogP contribution >= 0.6 is 15.9 Å². The summed E-state index contributed by atoms with van der Waals surface area (Å²) in [6.45, 7) is 4.27. The Labute approximate surface area is 125 Å². The van der Waals surface area contributed by atoms with Crippen LogP contribution in [0.3, 0.4) is 0 Å². The first-order valence-electron chi connectivity index (χ1n) is 7.33. The van der Waals surface area contributed by atoms with Gasteiger partial charge in [0, 0.05) is 17.1 Å². The van der Waals surface area contributed by atoms with Crippen LogP contribution in [-0.2, 0) is 11.2 Å². The van der Waals surface area contributed by atoms with Gasteiger partial charge in [0.1, 0.15) is 0 Å². The fourth-order valence-corrected chi connectivity index (χ4v) is 2.84. The van der Waals surface area contributed by atoms with Gasteiger partial charge in [0.15, 0.2) is 0 Å². The van der Waals surface area contributed by atoms with Gasteiger partial charge in [0.25, 0.3) is 0 Å². The SMILES string of the molecule is CC(Cc1ccc(Br)cc1)NCCC1CCCCO1. The number of benzene rings is 1. The summed E-state index contributed by atoms with van der Waals surface area (Å²) in [7, 11) is 0. The summed E-state index contributed by atoms with van der Waals surface area (Å²) in [4.78, 5) is 0. The topological polar surface area (TPSA) is 21.3 Å². The van der Waals surface area contributed by atoms with E-state index in [0.29, 0.717) is 12.1 Å². The fourth-order valence-electron chi connectivity index (χ4n) is 2.57. The van der Waals surface area contributed by atoms with E-state index in [2.05, 4.69) is 52.4 Å². The normalized spacial score (nSPS) is 21.3. The summed E-state index contributed by atoms with van der Waals surface area (Å²) < 4.78 is 6.89. The van der Waals surface area contributed by atoms with E-state index in [0.717, 1.165) is 30.5 Å². The average Bonchev–Trinajstić information content (AvgIpc) is 2.43. The molecule has 0 aromatic heterocycles. The number of halogens is 1. The molecular formula is C16H24BrNO. The largest absolute Gasteiger partial charge is 0.378 e. The zero-order valence-corrected chi connectivity index (χ0v) is 13.3. The number of hydrogen-bond donors (Lipinski definition) is 1. The molecule has 1 fully saturated rings. The van der Waals surface area contributed by atoms with Gasteiger partial charge in [-0.25, -0.2) is 0 Å². The molecule has 0 aliphatic carbocycles. The highest BCUT2D eigenvalue weighted by Crippen LogP contribution is 2.15. The van der Waals surface area contributed by atoms with Crippen LogP contribution < -0.4 is 5.32 Å². The second-order valence-corrected chi connectivity index (χ2v) is 6.38. The molecule has 1 aromatic carbocycles. The predicted molar refractivity (Wildman–Crippen MR) is 83.5 cm³/mol. The van der Waals surface area contributed by atoms with Crippen molar-refractivity contribution in [2.75, 3.05) is 13.2 Å². The molecule has 3 heteroatoms. The third-order valence-corrected chi connectivity index (χ3v) is 4.22. The van der Waals surface area contributed by atoms with E-state index in [-0.39, 0.29) is 0 Å². The Balaban J connectivity index is 1.63. The van der Waals surface area contributed by atoms with Gasteiger partial charge in [-0.2, -0.15) is 0 Å². The molecule has 2 nitrogen and oxygen atoms in total. The Kier molecular flexibility index (Phi) is 6.35. The monoisotopic (exact) mass is 325 g/mol. The lowest BCUT2D eigenvalue weighted by Gasteiger charge is -2.23. The zero-order chi connectivity index (χ0) is 13.5. The van der Waals surface area contributed by atoms with Crippen LogP contribution in [0, 0.1) is 0 Å². The highest BCUT2D eigenvalue weighted by atomic mass is 79.9. The van der Waals surface area contributed by atoms with E-state index in [1.165, 1.54) is 24.8 Å². The maximum atomic E-state index is 5.75. The highest BCUT2D eigenvalue weighted by molar-refractivity contribution is 9.10. The van der Waals surface area contributed by atoms with E-state index in [4.69, 9.17) is 4.74 Å². The molecule has 1 N–H and O–H groups in total. The smallest absolute Gasteiger partial charge is 0.0587 e. The number of hydrogen-bond acceptors (Lipinski definition) is 2. The molecule has 2 atom stereocenters. The highest BCUT2D eigenvalue weighted by Gasteiger charge is 2.13. The van der Waals surface area contributed by atoms with E-state index in [1.54, 1.807) is 0 Å². The standard InChI is InChI=1S/C16H24BrNO/c1-13(12-14-5-7-15(17)8-6-14)18-10-9-16-4-2-3-11-19-16/h5-8,13,16,18H,2-4,9-12H2,1H3. The summed E-state index contributed by atoms with van der Waals surface area (Å²) in [6, 6.07) is 9.11. The average molecular weight is 326 g/mol. The third-order valence-electron chi connectivity index (χ3n) is 3.69. The Morgan fingerprint density at radius 1 is 1.32 bits per heavy atom. The minimum Gasteiger partial charge on any atom is -0.378 e. The number of nitrogens with one attached hydrogen (secondary N) is 1. The summed E-state index contributed by atoms with van der Waals surface area (Å²) in [5, 5.41) is 3.60. The van der Waals surface area contributed by atoms with Crippen molar-refractivity contribution < 1.29 is 4.74 Å². The summed E-state index contributed by atoms with van der Waals surface area (Å²) in [5.74, 6) is 0. The predicted octanol–water partition coefficient (Wildman–Crippen LogP) is 3.93. The van der Waals surface area contributed by atoms with Crippen molar-refractivity contribution in [1.29, 1.82) is 0 Å². The first-order valence-corrected chi connectivity index (χ1v) is 8.13. The van der Waals surface area contributed by atoms with E-state index >= 15 is 0 Å². The second kappa shape index (κ2) is 8.03. The van der Waals surface area contributed by atoms with E-state index in [1.807, 2.05) is 0 Å². The van der Waals surface area contributed by atoms with E-state index in [9.17, 15) is 0 Å². The summed E-state index contributed by atoms with van der Waals surface area (Å²) in [5.41, 5.74) is 1.39. The van der Waals surface area contributed by atoms with Crippen molar-refractivity contribution in [3.05, 3.63) is 34.3 Å². The van der Waals surface area contributed by atoms with Crippen molar-refractivity contribution in [3.8, 4) is 0 Å². The van der Waals surface area contributed by atoms with Gasteiger partial charge in [-0.3, -0.25) is 0 Å². The molecule has 1 aliphatic heterocycles. The molecule has 0 spiro atoms. The van der Waals surface area contributed by atoms with Crippen LogP contribution in [0.5, 0.6) is 0 Å². The maximum Gasteiger partial charge on any atom is 0.0587 e. The van der Waals surface area contributed by atoms with Gasteiger partial charge in [0.05, 0.1) is 6.10 Å². The summed E-state index contributed by atoms with van der Waals surface area (Å²) in [6.07, 6.45) is 6.52. The number of ether oxygens (including phenoxy) is 1. The van der Waals surface area contributed by atoms with Crippen LogP contribution in [0.2, 0.25) is 0 Å². The lowest BCUT2D eigenvalue weighted by Crippen LogP contribution is -2.32. The minimum absolute atomic E-state index is 0.487. The summed E-state index contributed by atoms with van der Waals surface area (Å²) >= 11 is 3.47. The van der Waals surface area contributed by atoms with Gasteiger partial charge in [-0.1, -0.05) is 28.1 Å². The van der Waals surface area contributed by atoms with Gasteiger partial charge in [-0.15, -0.1) is 0 Å². The molecule has 2 unspecified atom stereocenters. The van der Waals surface area contributed by atoms with Crippen LogP contribution in [-0.4, -0.2) is 25.3 Å². The molecule has 0 saturated carbocycles. The molecule has 2 rings (SSSR count). The Morgan fingerprint density at radius 2 is 2.11 bits per heavy atom. The molecule has 0 bridgehead atoms. The van der Waals surface area contributed by atoms with E-state index < -0.39 is 0 Å². The van der Waals surface area contributed by atoms with Crippen LogP contribution in [0.25, 0.3) is 0 Å². The quantitative estimate of drug-likeness (QED) is 0.855. The van der Waals surface area contributed by atoms with Crippen molar-refractivity contribution >= 4 is 15.9 Å². The number of rotatable bonds is 6. The maximum absolute atomic E-state index is 5.75. The molecule has 1 saturated heterocycles. The lowest BCUT2D eigenvalue weighted by atomic mass is 10.1. The van der Waals surface area contributed by atoms with Gasteiger partial charge in [0.2, 0.25) is 0 Å². The Hall–Kier alpha value is -0.380. The first kappa shape index (κ1) is 15.0. The van der Waals surface area contributed by atoms with Crippen molar-refractivity contribution in [2.45, 2.75) is 51.2 Å². The molecule has 0 radical (unpaired) electrons. The van der Waals surface area contributed by atoms with Crippen molar-refractivity contribution in [2.24, 2.45) is 0 Å². The van der Waals surface area contributed by atoms with Gasteiger partial charge < -0.3 is 10.1 Å². The second-order valence-electron chi connectivity index (χ2n) is 5.46. The molecule has 19 heavy (non-hydrogen) atoms. The fraction of sp³-hybridized carbons (Fsp3) is 0.625. The third kappa shape index (κ3) is 5.64. The molecule has 1 aliphatic rings.